The maximum atomic E-state index is 13.1. The number of nitrogens with two attached hydrogens (primary N) is 1. The van der Waals surface area contributed by atoms with Gasteiger partial charge in [-0.25, -0.2) is 9.59 Å². The molecule has 0 saturated carbocycles. The first-order chi connectivity index (χ1) is 65.1. The number of benzene rings is 7. The molecule has 21 nitrogen and oxygen atoms in total. The Morgan fingerprint density at radius 3 is 0.957 bits per heavy atom. The van der Waals surface area contributed by atoms with E-state index in [0.717, 1.165) is 124 Å². The molecule has 4 amide bonds. The molecular weight excluding hydrogens is 1720 g/mol. The third-order valence-corrected chi connectivity index (χ3v) is 34.5. The molecule has 0 radical (unpaired) electrons. The molecule has 5 aliphatic rings. The van der Waals surface area contributed by atoms with E-state index in [2.05, 4.69) is 346 Å². The molecule has 0 aliphatic carbocycles. The molecule has 0 aromatic heterocycles. The lowest BCUT2D eigenvalue weighted by molar-refractivity contribution is -0.335. The number of rotatable bonds is 31. The van der Waals surface area contributed by atoms with E-state index in [1.54, 1.807) is 21.0 Å². The van der Waals surface area contributed by atoms with Crippen LogP contribution in [0.15, 0.2) is 194 Å². The van der Waals surface area contributed by atoms with Crippen molar-refractivity contribution >= 4 is 41.0 Å². The minimum absolute atomic E-state index is 0.0132. The molecule has 5 aliphatic heterocycles. The standard InChI is InChI=1S/C31H40N2O3.C23H38N2O3.C22H36N2O2.C21H34N2O2.C20H34N2O/c1-7-30(5)21-28(35-29(34)32-27-20-14-18-25-17-12-13-19-26(25)27)22(3)31(6,8-2)33(30)36-23(4)24-15-10-9-11-16-24;1-9-22(5)16-20(27-21(26)24(7)8)17(3)23(6,10-2)25(22)28-18(4)19-14-12-11-13-15-19;1-8-21(6)15-20(23-18(5)25)16(3)22(7,9-2)24(21)26-17(4)19-13-11-10-12-14-19;1-7-20(5)14-19(22-15-24)16(3)21(6,8-2)23(20)25-17(4)18-12-10-9-11-13-18;1-7-19(5)14-18(21)15(3)20(6,8-2)22(19)23-16(4)17-12-10-9-11-13-17/h9-20,22-23,28H,7-8,21H2,1-6H3,(H,32,34);11-15,17-18,20H,9-10,16H2,1-8H3;10-14,16-17,20H,8-9,15H2,1-7H3,(H,23,25);9-13,15-17,19H,7-8,14H2,1-6H3,(H,22,24);9-13,15-16,18H,7-8,14,21H2,1-6H3. The zero-order valence-corrected chi connectivity index (χ0v) is 91.1. The monoisotopic (exact) mass is 1900 g/mol. The smallest absolute Gasteiger partial charge is 0.411 e. The van der Waals surface area contributed by atoms with Crippen LogP contribution in [0.5, 0.6) is 0 Å². The van der Waals surface area contributed by atoms with Gasteiger partial charge >= 0.3 is 12.2 Å². The molecule has 12 rings (SSSR count). The number of anilines is 1. The molecule has 766 valence electrons. The topological polar surface area (TPSA) is 214 Å². The third-order valence-electron chi connectivity index (χ3n) is 34.5. The van der Waals surface area contributed by atoms with E-state index in [0.29, 0.717) is 24.2 Å². The molecule has 0 bridgehead atoms. The van der Waals surface area contributed by atoms with Gasteiger partial charge in [0.15, 0.2) is 0 Å². The summed E-state index contributed by atoms with van der Waals surface area (Å²) in [6.07, 6.45) is 13.3. The maximum Gasteiger partial charge on any atom is 0.411 e. The largest absolute Gasteiger partial charge is 0.446 e. The summed E-state index contributed by atoms with van der Waals surface area (Å²) in [4.78, 5) is 82.9. The van der Waals surface area contributed by atoms with Crippen LogP contribution in [0.2, 0.25) is 0 Å². The van der Waals surface area contributed by atoms with Gasteiger partial charge in [-0.15, -0.1) is 0 Å². The van der Waals surface area contributed by atoms with Crippen molar-refractivity contribution < 1.29 is 52.8 Å². The van der Waals surface area contributed by atoms with Crippen LogP contribution in [0.3, 0.4) is 0 Å². The van der Waals surface area contributed by atoms with Crippen LogP contribution in [-0.4, -0.2) is 155 Å². The van der Waals surface area contributed by atoms with Crippen molar-refractivity contribution in [2.75, 3.05) is 19.4 Å². The van der Waals surface area contributed by atoms with E-state index in [-0.39, 0.29) is 140 Å². The van der Waals surface area contributed by atoms with Gasteiger partial charge in [0.05, 0.1) is 5.69 Å². The highest BCUT2D eigenvalue weighted by Crippen LogP contribution is 2.54. The lowest BCUT2D eigenvalue weighted by Crippen LogP contribution is -2.69. The lowest BCUT2D eigenvalue weighted by Gasteiger charge is -2.60. The summed E-state index contributed by atoms with van der Waals surface area (Å²) in [7, 11) is 3.45. The van der Waals surface area contributed by atoms with E-state index < -0.39 is 6.09 Å². The first-order valence-electron chi connectivity index (χ1n) is 52.2. The van der Waals surface area contributed by atoms with Gasteiger partial charge in [0.1, 0.15) is 42.7 Å². The molecule has 25 atom stereocenters. The number of fused-ring (bicyclic) bond motifs is 1. The summed E-state index contributed by atoms with van der Waals surface area (Å²) in [6, 6.07) is 66.3. The SMILES string of the molecule is CCC1(C)CC(N)C(C)C(C)(CC)N1OC(C)c1ccccc1.CCC1(C)CC(NC(C)=O)C(C)C(C)(CC)N1OC(C)c1ccccc1.CCC1(C)CC(NC=O)C(C)C(C)(CC)N1OC(C)c1ccccc1.CCC1(C)CC(OC(=O)N(C)C)C(C)C(C)(CC)N1OC(C)c1ccccc1.CCC1(C)CC(OC(=O)Nc2cccc3ccccc23)C(C)C(C)(CC)N1OC(C)c1ccccc1. The van der Waals surface area contributed by atoms with E-state index in [4.69, 9.17) is 39.4 Å². The number of carbonyl (C=O) groups excluding carboxylic acids is 4. The number of piperidine rings is 5. The summed E-state index contributed by atoms with van der Waals surface area (Å²) in [5, 5.41) is 22.6. The highest BCUT2D eigenvalue weighted by molar-refractivity contribution is 6.00. The summed E-state index contributed by atoms with van der Waals surface area (Å²) >= 11 is 0. The summed E-state index contributed by atoms with van der Waals surface area (Å²) in [5.41, 5.74) is 11.5. The van der Waals surface area contributed by atoms with Gasteiger partial charge in [-0.2, -0.15) is 25.3 Å². The second-order valence-corrected chi connectivity index (χ2v) is 43.3. The molecule has 0 spiro atoms. The fraction of sp³-hybridized carbons (Fsp3) is 0.624. The van der Waals surface area contributed by atoms with Gasteiger partial charge in [-0.05, 0) is 244 Å². The Labute approximate surface area is 833 Å². The average Bonchev–Trinajstić information content (AvgIpc) is 0.690. The Bertz CT molecular complexity index is 4870. The van der Waals surface area contributed by atoms with E-state index >= 15 is 0 Å². The highest BCUT2D eigenvalue weighted by Gasteiger charge is 2.61. The van der Waals surface area contributed by atoms with Crippen molar-refractivity contribution in [3.05, 3.63) is 222 Å². The normalized spacial score (nSPS) is 32.4. The molecule has 138 heavy (non-hydrogen) atoms. The van der Waals surface area contributed by atoms with Crippen LogP contribution >= 0.6 is 0 Å². The predicted molar refractivity (Wildman–Crippen MR) is 565 cm³/mol. The number of hydrogen-bond donors (Lipinski definition) is 4. The quantitative estimate of drug-likeness (QED) is 0.0297. The van der Waals surface area contributed by atoms with Crippen molar-refractivity contribution in [1.82, 2.24) is 40.8 Å². The number of amides is 4. The summed E-state index contributed by atoms with van der Waals surface area (Å²) < 4.78 is 12.1. The van der Waals surface area contributed by atoms with Crippen LogP contribution in [-0.2, 0) is 43.3 Å². The van der Waals surface area contributed by atoms with Crippen molar-refractivity contribution in [2.45, 2.75) is 427 Å². The first kappa shape index (κ1) is 115. The fourth-order valence-corrected chi connectivity index (χ4v) is 22.3. The maximum absolute atomic E-state index is 13.1. The van der Waals surface area contributed by atoms with Crippen LogP contribution in [0.4, 0.5) is 15.3 Å². The van der Waals surface area contributed by atoms with Crippen LogP contribution in [0.25, 0.3) is 10.8 Å². The van der Waals surface area contributed by atoms with Gasteiger partial charge in [-0.1, -0.05) is 292 Å². The second-order valence-electron chi connectivity index (χ2n) is 43.3. The predicted octanol–water partition coefficient (Wildman–Crippen LogP) is 27.6. The van der Waals surface area contributed by atoms with Gasteiger partial charge in [-0.3, -0.25) is 39.1 Å². The van der Waals surface area contributed by atoms with Gasteiger partial charge in [0.25, 0.3) is 0 Å². The van der Waals surface area contributed by atoms with Crippen LogP contribution < -0.4 is 21.7 Å². The fourth-order valence-electron chi connectivity index (χ4n) is 22.3. The minimum Gasteiger partial charge on any atom is -0.446 e. The van der Waals surface area contributed by atoms with Crippen molar-refractivity contribution in [1.29, 1.82) is 0 Å². The number of ether oxygens (including phenoxy) is 2. The van der Waals surface area contributed by atoms with E-state index in [1.165, 1.54) is 21.6 Å². The highest BCUT2D eigenvalue weighted by atomic mass is 16.7. The zero-order chi connectivity index (χ0) is 102. The molecular formula is C117H182N10O11. The summed E-state index contributed by atoms with van der Waals surface area (Å²) in [6.45, 7) is 67.9. The van der Waals surface area contributed by atoms with Crippen molar-refractivity contribution in [3.8, 4) is 0 Å². The van der Waals surface area contributed by atoms with Gasteiger partial charge in [0.2, 0.25) is 12.3 Å². The molecule has 25 unspecified atom stereocenters. The molecule has 21 heteroatoms. The second kappa shape index (κ2) is 49.7. The number of nitrogens with one attached hydrogen (secondary N) is 3. The Morgan fingerprint density at radius 1 is 0.370 bits per heavy atom. The van der Waals surface area contributed by atoms with E-state index in [1.807, 2.05) is 97.1 Å². The number of hydroxylamine groups is 10. The van der Waals surface area contributed by atoms with Crippen molar-refractivity contribution in [2.24, 2.45) is 35.3 Å². The average molecular weight is 1900 g/mol. The van der Waals surface area contributed by atoms with Gasteiger partial charge < -0.3 is 30.7 Å². The molecule has 5 saturated heterocycles. The Kier molecular flexibility index (Phi) is 41.5. The molecule has 5 N–H and O–H groups in total. The Morgan fingerprint density at radius 2 is 0.645 bits per heavy atom. The van der Waals surface area contributed by atoms with Crippen LogP contribution in [0, 0.1) is 29.6 Å². The summed E-state index contributed by atoms with van der Waals surface area (Å²) in [5.74, 6) is 1.25. The first-order valence-corrected chi connectivity index (χ1v) is 52.2. The molecule has 7 aromatic carbocycles. The number of hydrogen-bond acceptors (Lipinski definition) is 17. The molecule has 5 fully saturated rings. The van der Waals surface area contributed by atoms with Gasteiger partial charge in [0, 0.05) is 125 Å². The Balaban J connectivity index is 0.000000214. The third kappa shape index (κ3) is 26.1. The molecule has 5 heterocycles. The van der Waals surface area contributed by atoms with Crippen LogP contribution in [0.1, 0.15) is 369 Å². The molecule has 7 aromatic rings. The zero-order valence-electron chi connectivity index (χ0n) is 91.1. The van der Waals surface area contributed by atoms with E-state index in [9.17, 15) is 19.2 Å². The Hall–Kier alpha value is -8.16. The minimum atomic E-state index is -0.410. The number of nitrogens with zero attached hydrogens (tertiary/aromatic N) is 6. The number of carbonyl (C=O) groups is 4. The lowest BCUT2D eigenvalue weighted by atomic mass is 9.68. The van der Waals surface area contributed by atoms with Crippen molar-refractivity contribution in [3.63, 3.8) is 0 Å².